The highest BCUT2D eigenvalue weighted by molar-refractivity contribution is 4.99. The van der Waals surface area contributed by atoms with Crippen LogP contribution in [0.1, 0.15) is 31.9 Å². The van der Waals surface area contributed by atoms with Crippen molar-refractivity contribution in [2.24, 2.45) is 7.05 Å². The molecule has 0 aliphatic carbocycles. The van der Waals surface area contributed by atoms with Crippen molar-refractivity contribution in [3.05, 3.63) is 18.0 Å². The van der Waals surface area contributed by atoms with E-state index in [1.807, 2.05) is 17.9 Å². The Morgan fingerprint density at radius 1 is 1.39 bits per heavy atom. The third-order valence-electron chi connectivity index (χ3n) is 3.85. The third kappa shape index (κ3) is 4.10. The lowest BCUT2D eigenvalue weighted by Gasteiger charge is -2.18. The molecule has 1 unspecified atom stereocenters. The van der Waals surface area contributed by atoms with Crippen LogP contribution in [-0.2, 0) is 13.5 Å². The molecule has 1 aromatic rings. The lowest BCUT2D eigenvalue weighted by molar-refractivity contribution is 0.297. The van der Waals surface area contributed by atoms with Crippen LogP contribution in [0.25, 0.3) is 0 Å². The van der Waals surface area contributed by atoms with Crippen molar-refractivity contribution < 1.29 is 0 Å². The fourth-order valence-electron chi connectivity index (χ4n) is 2.68. The van der Waals surface area contributed by atoms with Gasteiger partial charge in [-0.1, -0.05) is 6.92 Å². The second-order valence-electron chi connectivity index (χ2n) is 5.25. The van der Waals surface area contributed by atoms with E-state index in [0.717, 1.165) is 13.0 Å². The molecular weight excluding hydrogens is 224 g/mol. The minimum atomic E-state index is 0.699. The van der Waals surface area contributed by atoms with Gasteiger partial charge in [0.15, 0.2) is 0 Å². The minimum Gasteiger partial charge on any atom is -0.314 e. The summed E-state index contributed by atoms with van der Waals surface area (Å²) in [4.78, 5) is 2.56. The fraction of sp³-hybridized carbons (Fsp3) is 0.786. The molecule has 18 heavy (non-hydrogen) atoms. The SMILES string of the molecule is CCN1CCCC(NCCc2ccn(C)n2)CC1. The molecule has 2 rings (SSSR count). The molecule has 1 saturated heterocycles. The predicted molar refractivity (Wildman–Crippen MR) is 74.7 cm³/mol. The molecule has 1 aromatic heterocycles. The van der Waals surface area contributed by atoms with Crippen molar-refractivity contribution in [1.29, 1.82) is 0 Å². The Bertz CT molecular complexity index is 347. The quantitative estimate of drug-likeness (QED) is 0.858. The molecule has 2 heterocycles. The normalized spacial score (nSPS) is 22.0. The summed E-state index contributed by atoms with van der Waals surface area (Å²) in [6.07, 6.45) is 6.98. The van der Waals surface area contributed by atoms with Gasteiger partial charge >= 0.3 is 0 Å². The van der Waals surface area contributed by atoms with Crippen molar-refractivity contribution in [1.82, 2.24) is 20.0 Å². The maximum absolute atomic E-state index is 4.41. The van der Waals surface area contributed by atoms with Crippen LogP contribution in [0.15, 0.2) is 12.3 Å². The van der Waals surface area contributed by atoms with E-state index >= 15 is 0 Å². The van der Waals surface area contributed by atoms with Gasteiger partial charge in [-0.05, 0) is 45.0 Å². The highest BCUT2D eigenvalue weighted by Crippen LogP contribution is 2.10. The third-order valence-corrected chi connectivity index (χ3v) is 3.85. The Morgan fingerprint density at radius 3 is 3.00 bits per heavy atom. The molecule has 1 fully saturated rings. The number of nitrogens with one attached hydrogen (secondary N) is 1. The lowest BCUT2D eigenvalue weighted by Crippen LogP contribution is -2.32. The van der Waals surface area contributed by atoms with E-state index in [9.17, 15) is 0 Å². The van der Waals surface area contributed by atoms with Crippen molar-refractivity contribution >= 4 is 0 Å². The summed E-state index contributed by atoms with van der Waals surface area (Å²) in [5, 5.41) is 8.09. The van der Waals surface area contributed by atoms with Crippen molar-refractivity contribution in [2.45, 2.75) is 38.6 Å². The van der Waals surface area contributed by atoms with Crippen molar-refractivity contribution in [3.8, 4) is 0 Å². The molecule has 4 nitrogen and oxygen atoms in total. The first-order valence-corrected chi connectivity index (χ1v) is 7.22. The van der Waals surface area contributed by atoms with Crippen LogP contribution in [-0.4, -0.2) is 46.9 Å². The summed E-state index contributed by atoms with van der Waals surface area (Å²) in [5.74, 6) is 0. The Balaban J connectivity index is 1.67. The number of hydrogen-bond donors (Lipinski definition) is 1. The lowest BCUT2D eigenvalue weighted by atomic mass is 10.1. The van der Waals surface area contributed by atoms with Gasteiger partial charge in [0.05, 0.1) is 5.69 Å². The van der Waals surface area contributed by atoms with E-state index in [1.54, 1.807) is 0 Å². The molecule has 102 valence electrons. The van der Waals surface area contributed by atoms with Crippen LogP contribution in [0.5, 0.6) is 0 Å². The Kier molecular flexibility index (Phi) is 5.20. The van der Waals surface area contributed by atoms with Gasteiger partial charge < -0.3 is 10.2 Å². The smallest absolute Gasteiger partial charge is 0.0637 e. The van der Waals surface area contributed by atoms with Crippen molar-refractivity contribution in [2.75, 3.05) is 26.2 Å². The average molecular weight is 250 g/mol. The van der Waals surface area contributed by atoms with Gasteiger partial charge in [0.1, 0.15) is 0 Å². The second kappa shape index (κ2) is 6.90. The van der Waals surface area contributed by atoms with E-state index in [2.05, 4.69) is 28.3 Å². The van der Waals surface area contributed by atoms with E-state index in [0.29, 0.717) is 6.04 Å². The van der Waals surface area contributed by atoms with Crippen LogP contribution in [0.3, 0.4) is 0 Å². The van der Waals surface area contributed by atoms with Crippen molar-refractivity contribution in [3.63, 3.8) is 0 Å². The predicted octanol–water partition coefficient (Wildman–Crippen LogP) is 1.43. The minimum absolute atomic E-state index is 0.699. The summed E-state index contributed by atoms with van der Waals surface area (Å²) in [6, 6.07) is 2.80. The summed E-state index contributed by atoms with van der Waals surface area (Å²) in [7, 11) is 1.97. The first-order valence-electron chi connectivity index (χ1n) is 7.22. The van der Waals surface area contributed by atoms with E-state index < -0.39 is 0 Å². The number of aromatic nitrogens is 2. The molecule has 0 amide bonds. The zero-order chi connectivity index (χ0) is 12.8. The molecule has 1 aliphatic rings. The molecular formula is C14H26N4. The number of aryl methyl sites for hydroxylation is 1. The van der Waals surface area contributed by atoms with Crippen LogP contribution in [0, 0.1) is 0 Å². The monoisotopic (exact) mass is 250 g/mol. The number of rotatable bonds is 5. The average Bonchev–Trinajstić information content (AvgIpc) is 2.65. The van der Waals surface area contributed by atoms with Crippen LogP contribution < -0.4 is 5.32 Å². The van der Waals surface area contributed by atoms with Crippen LogP contribution in [0.4, 0.5) is 0 Å². The van der Waals surface area contributed by atoms with Gasteiger partial charge in [-0.15, -0.1) is 0 Å². The van der Waals surface area contributed by atoms with Crippen LogP contribution >= 0.6 is 0 Å². The molecule has 0 aromatic carbocycles. The van der Waals surface area contributed by atoms with Gasteiger partial charge in [0, 0.05) is 32.3 Å². The number of nitrogens with zero attached hydrogens (tertiary/aromatic N) is 3. The summed E-state index contributed by atoms with van der Waals surface area (Å²) in [6.45, 7) is 7.02. The molecule has 4 heteroatoms. The fourth-order valence-corrected chi connectivity index (χ4v) is 2.68. The number of hydrogen-bond acceptors (Lipinski definition) is 3. The van der Waals surface area contributed by atoms with Gasteiger partial charge in [0.25, 0.3) is 0 Å². The Morgan fingerprint density at radius 2 is 2.28 bits per heavy atom. The number of likely N-dealkylation sites (tertiary alicyclic amines) is 1. The largest absolute Gasteiger partial charge is 0.314 e. The molecule has 0 radical (unpaired) electrons. The molecule has 0 bridgehead atoms. The molecule has 1 N–H and O–H groups in total. The Hall–Kier alpha value is -0.870. The first-order chi connectivity index (χ1) is 8.78. The van der Waals surface area contributed by atoms with E-state index in [-0.39, 0.29) is 0 Å². The maximum atomic E-state index is 4.41. The Labute approximate surface area is 110 Å². The molecule has 1 aliphatic heterocycles. The molecule has 0 spiro atoms. The zero-order valence-corrected chi connectivity index (χ0v) is 11.7. The molecule has 1 atom stereocenters. The van der Waals surface area contributed by atoms with Gasteiger partial charge in [-0.25, -0.2) is 0 Å². The van der Waals surface area contributed by atoms with Gasteiger partial charge in [-0.3, -0.25) is 4.68 Å². The molecule has 0 saturated carbocycles. The summed E-state index contributed by atoms with van der Waals surface area (Å²) in [5.41, 5.74) is 1.19. The summed E-state index contributed by atoms with van der Waals surface area (Å²) >= 11 is 0. The first kappa shape index (κ1) is 13.6. The second-order valence-corrected chi connectivity index (χ2v) is 5.25. The van der Waals surface area contributed by atoms with Gasteiger partial charge in [0.2, 0.25) is 0 Å². The highest BCUT2D eigenvalue weighted by Gasteiger charge is 2.15. The zero-order valence-electron chi connectivity index (χ0n) is 11.7. The van der Waals surface area contributed by atoms with E-state index in [1.165, 1.54) is 44.6 Å². The van der Waals surface area contributed by atoms with E-state index in [4.69, 9.17) is 0 Å². The standard InChI is InChI=1S/C14H26N4/c1-3-18-10-4-5-13(8-12-18)15-9-6-14-7-11-17(2)16-14/h7,11,13,15H,3-6,8-10,12H2,1-2H3. The topological polar surface area (TPSA) is 33.1 Å². The highest BCUT2D eigenvalue weighted by atomic mass is 15.2. The van der Waals surface area contributed by atoms with Crippen LogP contribution in [0.2, 0.25) is 0 Å². The van der Waals surface area contributed by atoms with Gasteiger partial charge in [-0.2, -0.15) is 5.10 Å². The summed E-state index contributed by atoms with van der Waals surface area (Å²) < 4.78 is 1.88. The maximum Gasteiger partial charge on any atom is 0.0637 e.